The summed E-state index contributed by atoms with van der Waals surface area (Å²) in [7, 11) is 0. The molecule has 0 rings (SSSR count). The Bertz CT molecular complexity index is 426. The number of hydrogen-bond acceptors (Lipinski definition) is 5. The van der Waals surface area contributed by atoms with Gasteiger partial charge in [0.25, 0.3) is 0 Å². The van der Waals surface area contributed by atoms with Crippen molar-refractivity contribution in [3.63, 3.8) is 0 Å². The van der Waals surface area contributed by atoms with E-state index in [2.05, 4.69) is 15.6 Å². The van der Waals surface area contributed by atoms with Gasteiger partial charge < -0.3 is 32.3 Å². The van der Waals surface area contributed by atoms with E-state index < -0.39 is 29.9 Å². The molecular formula is C12H23N5O5. The number of carbonyl (C=O) groups is 3. The first-order valence-electron chi connectivity index (χ1n) is 6.82. The minimum atomic E-state index is -1.22. The molecule has 10 heteroatoms. The van der Waals surface area contributed by atoms with Crippen LogP contribution in [0.1, 0.15) is 26.2 Å². The molecule has 2 atom stereocenters. The van der Waals surface area contributed by atoms with Crippen LogP contribution in [-0.2, 0) is 14.4 Å². The van der Waals surface area contributed by atoms with Crippen LogP contribution in [0.2, 0.25) is 0 Å². The van der Waals surface area contributed by atoms with E-state index in [1.165, 1.54) is 0 Å². The number of carboxylic acids is 2. The van der Waals surface area contributed by atoms with Crippen molar-refractivity contribution in [1.29, 1.82) is 0 Å². The molecule has 0 aliphatic rings. The molecule has 2 unspecified atom stereocenters. The number of nitrogens with zero attached hydrogens (tertiary/aromatic N) is 1. The summed E-state index contributed by atoms with van der Waals surface area (Å²) in [5.74, 6) is -2.86. The molecule has 0 aliphatic carbocycles. The molecule has 126 valence electrons. The second-order valence-electron chi connectivity index (χ2n) is 4.55. The van der Waals surface area contributed by atoms with Crippen molar-refractivity contribution in [2.24, 2.45) is 16.5 Å². The summed E-state index contributed by atoms with van der Waals surface area (Å²) < 4.78 is 0. The molecule has 0 heterocycles. The van der Waals surface area contributed by atoms with Crippen molar-refractivity contribution in [2.75, 3.05) is 13.1 Å². The van der Waals surface area contributed by atoms with E-state index in [9.17, 15) is 14.4 Å². The van der Waals surface area contributed by atoms with E-state index in [1.807, 2.05) is 0 Å². The van der Waals surface area contributed by atoms with Crippen molar-refractivity contribution < 1.29 is 24.6 Å². The summed E-state index contributed by atoms with van der Waals surface area (Å²) in [5, 5.41) is 22.5. The summed E-state index contributed by atoms with van der Waals surface area (Å²) in [6, 6.07) is -2.15. The van der Waals surface area contributed by atoms with Crippen LogP contribution >= 0.6 is 0 Å². The topological polar surface area (TPSA) is 180 Å². The van der Waals surface area contributed by atoms with Gasteiger partial charge in [0, 0.05) is 13.1 Å². The molecule has 0 saturated heterocycles. The molecule has 22 heavy (non-hydrogen) atoms. The first kappa shape index (κ1) is 19.6. The minimum absolute atomic E-state index is 0.124. The fraction of sp³-hybridized carbons (Fsp3) is 0.667. The number of amides is 1. The molecule has 0 aromatic carbocycles. The predicted octanol–water partition coefficient (Wildman–Crippen LogP) is -1.94. The lowest BCUT2D eigenvalue weighted by molar-refractivity contribution is -0.141. The van der Waals surface area contributed by atoms with E-state index in [-0.39, 0.29) is 25.3 Å². The van der Waals surface area contributed by atoms with Crippen LogP contribution in [0.25, 0.3) is 0 Å². The van der Waals surface area contributed by atoms with Gasteiger partial charge in [0.2, 0.25) is 5.91 Å². The highest BCUT2D eigenvalue weighted by Crippen LogP contribution is 1.96. The number of carboxylic acid groups (broad SMARTS) is 2. The smallest absolute Gasteiger partial charge is 0.326 e. The van der Waals surface area contributed by atoms with Crippen molar-refractivity contribution in [3.05, 3.63) is 0 Å². The van der Waals surface area contributed by atoms with Gasteiger partial charge in [-0.2, -0.15) is 0 Å². The molecule has 0 radical (unpaired) electrons. The average molecular weight is 317 g/mol. The third kappa shape index (κ3) is 8.74. The Hall–Kier alpha value is -2.36. The minimum Gasteiger partial charge on any atom is -0.480 e. The zero-order valence-corrected chi connectivity index (χ0v) is 12.4. The molecule has 0 aromatic rings. The van der Waals surface area contributed by atoms with Gasteiger partial charge in [-0.05, 0) is 19.8 Å². The maximum atomic E-state index is 11.4. The lowest BCUT2D eigenvalue weighted by Crippen LogP contribution is -2.47. The summed E-state index contributed by atoms with van der Waals surface area (Å²) in [5.41, 5.74) is 10.9. The van der Waals surface area contributed by atoms with Gasteiger partial charge in [0.15, 0.2) is 5.96 Å². The van der Waals surface area contributed by atoms with Gasteiger partial charge in [-0.3, -0.25) is 14.6 Å². The van der Waals surface area contributed by atoms with Gasteiger partial charge >= 0.3 is 11.9 Å². The van der Waals surface area contributed by atoms with Crippen molar-refractivity contribution >= 4 is 23.8 Å². The Morgan fingerprint density at radius 1 is 1.23 bits per heavy atom. The summed E-state index contributed by atoms with van der Waals surface area (Å²) in [4.78, 5) is 36.8. The lowest BCUT2D eigenvalue weighted by atomic mass is 10.2. The van der Waals surface area contributed by atoms with Crippen molar-refractivity contribution in [2.45, 2.75) is 38.3 Å². The summed E-state index contributed by atoms with van der Waals surface area (Å²) in [6.07, 6.45) is 0.348. The Labute approximate surface area is 128 Å². The largest absolute Gasteiger partial charge is 0.480 e. The predicted molar refractivity (Wildman–Crippen MR) is 79.2 cm³/mol. The number of hydrogen-bond donors (Lipinski definition) is 6. The highest BCUT2D eigenvalue weighted by atomic mass is 16.4. The third-order valence-electron chi connectivity index (χ3n) is 2.66. The number of carbonyl (C=O) groups excluding carboxylic acids is 1. The maximum Gasteiger partial charge on any atom is 0.326 e. The van der Waals surface area contributed by atoms with Gasteiger partial charge in [0.05, 0.1) is 6.42 Å². The molecule has 0 aromatic heterocycles. The molecule has 8 N–H and O–H groups in total. The first-order valence-corrected chi connectivity index (χ1v) is 6.82. The van der Waals surface area contributed by atoms with Crippen LogP contribution in [0.5, 0.6) is 0 Å². The Balaban J connectivity index is 4.29. The third-order valence-corrected chi connectivity index (χ3v) is 2.66. The van der Waals surface area contributed by atoms with Gasteiger partial charge in [0.1, 0.15) is 12.1 Å². The normalized spacial score (nSPS) is 14.0. The van der Waals surface area contributed by atoms with E-state index in [4.69, 9.17) is 21.7 Å². The Morgan fingerprint density at radius 2 is 1.86 bits per heavy atom. The number of nitrogens with one attached hydrogen (secondary N) is 2. The van der Waals surface area contributed by atoms with Crippen LogP contribution in [0.3, 0.4) is 0 Å². The highest BCUT2D eigenvalue weighted by Gasteiger charge is 2.21. The van der Waals surface area contributed by atoms with Crippen LogP contribution in [0.4, 0.5) is 0 Å². The Kier molecular flexibility index (Phi) is 9.27. The zero-order chi connectivity index (χ0) is 17.1. The van der Waals surface area contributed by atoms with E-state index in [1.54, 1.807) is 6.92 Å². The van der Waals surface area contributed by atoms with E-state index >= 15 is 0 Å². The van der Waals surface area contributed by atoms with Crippen LogP contribution in [0, 0.1) is 0 Å². The van der Waals surface area contributed by atoms with Crippen molar-refractivity contribution in [1.82, 2.24) is 10.6 Å². The van der Waals surface area contributed by atoms with E-state index in [0.717, 1.165) is 0 Å². The molecular weight excluding hydrogens is 294 g/mol. The number of rotatable bonds is 10. The quantitative estimate of drug-likeness (QED) is 0.153. The maximum absolute atomic E-state index is 11.4. The van der Waals surface area contributed by atoms with Gasteiger partial charge in [-0.15, -0.1) is 0 Å². The second-order valence-corrected chi connectivity index (χ2v) is 4.55. The molecule has 10 nitrogen and oxygen atoms in total. The lowest BCUT2D eigenvalue weighted by Gasteiger charge is -2.14. The second kappa shape index (κ2) is 10.4. The summed E-state index contributed by atoms with van der Waals surface area (Å²) >= 11 is 0. The number of aliphatic carboxylic acids is 2. The van der Waals surface area contributed by atoms with Crippen LogP contribution in [-0.4, -0.2) is 59.2 Å². The molecule has 0 bridgehead atoms. The molecule has 0 fully saturated rings. The fourth-order valence-corrected chi connectivity index (χ4v) is 1.51. The van der Waals surface area contributed by atoms with Crippen LogP contribution < -0.4 is 22.1 Å². The van der Waals surface area contributed by atoms with Gasteiger partial charge in [-0.1, -0.05) is 0 Å². The highest BCUT2D eigenvalue weighted by molar-refractivity contribution is 5.89. The summed E-state index contributed by atoms with van der Waals surface area (Å²) in [6.45, 7) is 2.32. The SMILES string of the molecule is CCNC(=O)CC(NC(N)=NCCCC(N)C(=O)O)C(=O)O. The van der Waals surface area contributed by atoms with Gasteiger partial charge in [-0.25, -0.2) is 4.79 Å². The standard InChI is InChI=1S/C12H23N5O5/c1-2-15-9(18)6-8(11(21)22)17-12(14)16-5-3-4-7(13)10(19)20/h7-8H,2-6,13H2,1H3,(H,15,18)(H,19,20)(H,21,22)(H3,14,16,17). The Morgan fingerprint density at radius 3 is 2.36 bits per heavy atom. The monoisotopic (exact) mass is 317 g/mol. The van der Waals surface area contributed by atoms with Crippen LogP contribution in [0.15, 0.2) is 4.99 Å². The van der Waals surface area contributed by atoms with Crippen molar-refractivity contribution in [3.8, 4) is 0 Å². The number of aliphatic imine (C=N–C) groups is 1. The molecule has 0 spiro atoms. The van der Waals surface area contributed by atoms with E-state index in [0.29, 0.717) is 13.0 Å². The molecule has 1 amide bonds. The first-order chi connectivity index (χ1) is 10.3. The average Bonchev–Trinajstić information content (AvgIpc) is 2.42. The number of guanidine groups is 1. The molecule has 0 saturated carbocycles. The zero-order valence-electron chi connectivity index (χ0n) is 12.4. The number of nitrogens with two attached hydrogens (primary N) is 2. The fourth-order valence-electron chi connectivity index (χ4n) is 1.51. The molecule has 0 aliphatic heterocycles.